The van der Waals surface area contributed by atoms with E-state index in [9.17, 15) is 0 Å². The summed E-state index contributed by atoms with van der Waals surface area (Å²) in [7, 11) is 0. The fourth-order valence-corrected chi connectivity index (χ4v) is 2.19. The average molecular weight is 266 g/mol. The van der Waals surface area contributed by atoms with E-state index in [2.05, 4.69) is 25.3 Å². The molecule has 0 aromatic carbocycles. The topological polar surface area (TPSA) is 89.2 Å². The second-order valence-electron chi connectivity index (χ2n) is 4.57. The molecule has 1 aromatic heterocycles. The van der Waals surface area contributed by atoms with Gasteiger partial charge in [0.15, 0.2) is 0 Å². The first-order valence-electron chi connectivity index (χ1n) is 6.94. The van der Waals surface area contributed by atoms with Crippen molar-refractivity contribution in [2.75, 3.05) is 30.0 Å². The molecule has 7 heteroatoms. The minimum atomic E-state index is 0.322. The highest BCUT2D eigenvalue weighted by molar-refractivity contribution is 5.37. The highest BCUT2D eigenvalue weighted by Crippen LogP contribution is 2.18. The molecule has 2 rings (SSSR count). The Labute approximate surface area is 113 Å². The van der Waals surface area contributed by atoms with Gasteiger partial charge in [-0.1, -0.05) is 19.3 Å². The van der Waals surface area contributed by atoms with E-state index in [4.69, 9.17) is 10.6 Å². The van der Waals surface area contributed by atoms with E-state index in [1.165, 1.54) is 32.1 Å². The maximum absolute atomic E-state index is 5.39. The third-order valence-electron chi connectivity index (χ3n) is 3.14. The van der Waals surface area contributed by atoms with Crippen LogP contribution in [0.3, 0.4) is 0 Å². The third kappa shape index (κ3) is 3.92. The van der Waals surface area contributed by atoms with Gasteiger partial charge >= 0.3 is 6.01 Å². The molecule has 1 fully saturated rings. The standard InChI is InChI=1S/C12H22N6O/c1-2-19-12-15-10(17-13)14-11(16-12)18-8-6-4-3-5-7-9-18/h2-9,13H2,1H3,(H,14,15,16,17). The lowest BCUT2D eigenvalue weighted by molar-refractivity contribution is 0.312. The van der Waals surface area contributed by atoms with Gasteiger partial charge < -0.3 is 9.64 Å². The van der Waals surface area contributed by atoms with Gasteiger partial charge in [0.2, 0.25) is 11.9 Å². The molecular formula is C12H22N6O. The average Bonchev–Trinajstić information content (AvgIpc) is 2.38. The Hall–Kier alpha value is -1.63. The number of aromatic nitrogens is 3. The summed E-state index contributed by atoms with van der Waals surface area (Å²) in [4.78, 5) is 14.9. The van der Waals surface area contributed by atoms with Crippen molar-refractivity contribution in [1.82, 2.24) is 15.0 Å². The molecule has 0 atom stereocenters. The maximum atomic E-state index is 5.39. The molecule has 19 heavy (non-hydrogen) atoms. The third-order valence-corrected chi connectivity index (χ3v) is 3.14. The smallest absolute Gasteiger partial charge is 0.323 e. The van der Waals surface area contributed by atoms with E-state index >= 15 is 0 Å². The van der Waals surface area contributed by atoms with Crippen LogP contribution < -0.4 is 20.9 Å². The van der Waals surface area contributed by atoms with Gasteiger partial charge in [-0.3, -0.25) is 5.43 Å². The lowest BCUT2D eigenvalue weighted by atomic mass is 10.1. The van der Waals surface area contributed by atoms with Gasteiger partial charge in [-0.05, 0) is 19.8 Å². The number of hydrazine groups is 1. The molecular weight excluding hydrogens is 244 g/mol. The first-order chi connectivity index (χ1) is 9.33. The fourth-order valence-electron chi connectivity index (χ4n) is 2.19. The first-order valence-corrected chi connectivity index (χ1v) is 6.94. The number of nitrogens with two attached hydrogens (primary N) is 1. The zero-order chi connectivity index (χ0) is 13.5. The number of rotatable bonds is 4. The Morgan fingerprint density at radius 3 is 2.42 bits per heavy atom. The monoisotopic (exact) mass is 266 g/mol. The molecule has 0 radical (unpaired) electrons. The molecule has 1 aliphatic heterocycles. The van der Waals surface area contributed by atoms with Crippen LogP contribution in [0.5, 0.6) is 6.01 Å². The minimum Gasteiger partial charge on any atom is -0.464 e. The van der Waals surface area contributed by atoms with Crippen LogP contribution >= 0.6 is 0 Å². The summed E-state index contributed by atoms with van der Waals surface area (Å²) < 4.78 is 5.35. The van der Waals surface area contributed by atoms with Gasteiger partial charge in [0.1, 0.15) is 0 Å². The van der Waals surface area contributed by atoms with E-state index in [1.807, 2.05) is 6.92 Å². The Kier molecular flexibility index (Phi) is 5.14. The first kappa shape index (κ1) is 13.8. The van der Waals surface area contributed by atoms with Crippen molar-refractivity contribution in [2.24, 2.45) is 5.84 Å². The summed E-state index contributed by atoms with van der Waals surface area (Å²) in [5.74, 6) is 6.38. The van der Waals surface area contributed by atoms with Gasteiger partial charge in [-0.2, -0.15) is 15.0 Å². The summed E-state index contributed by atoms with van der Waals surface area (Å²) in [5.41, 5.74) is 2.46. The molecule has 0 bridgehead atoms. The molecule has 2 heterocycles. The molecule has 1 aromatic rings. The minimum absolute atomic E-state index is 0.322. The van der Waals surface area contributed by atoms with E-state index < -0.39 is 0 Å². The molecule has 0 unspecified atom stereocenters. The van der Waals surface area contributed by atoms with Crippen LogP contribution in [0.2, 0.25) is 0 Å². The van der Waals surface area contributed by atoms with E-state index in [0.29, 0.717) is 24.5 Å². The number of ether oxygens (including phenoxy) is 1. The molecule has 7 nitrogen and oxygen atoms in total. The summed E-state index contributed by atoms with van der Waals surface area (Å²) in [6, 6.07) is 0.322. The molecule has 0 spiro atoms. The Bertz CT molecular complexity index is 392. The normalized spacial score (nSPS) is 16.6. The largest absolute Gasteiger partial charge is 0.464 e. The summed E-state index contributed by atoms with van der Waals surface area (Å²) >= 11 is 0. The van der Waals surface area contributed by atoms with Crippen molar-refractivity contribution >= 4 is 11.9 Å². The van der Waals surface area contributed by atoms with Gasteiger partial charge in [-0.15, -0.1) is 0 Å². The molecule has 1 saturated heterocycles. The van der Waals surface area contributed by atoms with Crippen molar-refractivity contribution in [3.8, 4) is 6.01 Å². The van der Waals surface area contributed by atoms with Crippen molar-refractivity contribution in [3.63, 3.8) is 0 Å². The maximum Gasteiger partial charge on any atom is 0.323 e. The molecule has 3 N–H and O–H groups in total. The number of hydrogen-bond donors (Lipinski definition) is 2. The Morgan fingerprint density at radius 2 is 1.79 bits per heavy atom. The lowest BCUT2D eigenvalue weighted by Crippen LogP contribution is -2.29. The van der Waals surface area contributed by atoms with Crippen LogP contribution in [0.1, 0.15) is 39.0 Å². The zero-order valence-electron chi connectivity index (χ0n) is 11.4. The van der Waals surface area contributed by atoms with Crippen LogP contribution in [0.15, 0.2) is 0 Å². The van der Waals surface area contributed by atoms with Crippen molar-refractivity contribution < 1.29 is 4.74 Å². The predicted molar refractivity (Wildman–Crippen MR) is 74.1 cm³/mol. The van der Waals surface area contributed by atoms with Crippen LogP contribution in [0.25, 0.3) is 0 Å². The molecule has 0 amide bonds. The predicted octanol–water partition coefficient (Wildman–Crippen LogP) is 1.33. The van der Waals surface area contributed by atoms with E-state index in [0.717, 1.165) is 13.1 Å². The van der Waals surface area contributed by atoms with Crippen molar-refractivity contribution in [3.05, 3.63) is 0 Å². The zero-order valence-corrected chi connectivity index (χ0v) is 11.4. The van der Waals surface area contributed by atoms with Crippen LogP contribution in [0.4, 0.5) is 11.9 Å². The Morgan fingerprint density at radius 1 is 1.11 bits per heavy atom. The molecule has 0 aliphatic carbocycles. The molecule has 0 saturated carbocycles. The second-order valence-corrected chi connectivity index (χ2v) is 4.57. The van der Waals surface area contributed by atoms with Gasteiger partial charge in [-0.25, -0.2) is 5.84 Å². The quantitative estimate of drug-likeness (QED) is 0.627. The lowest BCUT2D eigenvalue weighted by Gasteiger charge is -2.24. The van der Waals surface area contributed by atoms with Gasteiger partial charge in [0.05, 0.1) is 6.61 Å². The van der Waals surface area contributed by atoms with E-state index in [1.54, 1.807) is 0 Å². The number of hydrogen-bond acceptors (Lipinski definition) is 7. The highest BCUT2D eigenvalue weighted by Gasteiger charge is 2.15. The second kappa shape index (κ2) is 7.08. The van der Waals surface area contributed by atoms with Gasteiger partial charge in [0.25, 0.3) is 0 Å². The van der Waals surface area contributed by atoms with Crippen LogP contribution in [-0.2, 0) is 0 Å². The number of nitrogen functional groups attached to an aromatic ring is 1. The summed E-state index contributed by atoms with van der Waals surface area (Å²) in [6.45, 7) is 4.36. The van der Waals surface area contributed by atoms with Crippen LogP contribution in [0, 0.1) is 0 Å². The number of nitrogens with zero attached hydrogens (tertiary/aromatic N) is 4. The van der Waals surface area contributed by atoms with Crippen LogP contribution in [-0.4, -0.2) is 34.6 Å². The number of anilines is 2. The van der Waals surface area contributed by atoms with Crippen molar-refractivity contribution in [2.45, 2.75) is 39.0 Å². The summed E-state index contributed by atoms with van der Waals surface area (Å²) in [5, 5.41) is 0. The summed E-state index contributed by atoms with van der Waals surface area (Å²) in [6.07, 6.45) is 6.19. The fraction of sp³-hybridized carbons (Fsp3) is 0.750. The SMILES string of the molecule is CCOc1nc(NN)nc(N2CCCCCCC2)n1. The van der Waals surface area contributed by atoms with Crippen molar-refractivity contribution in [1.29, 1.82) is 0 Å². The van der Waals surface area contributed by atoms with Gasteiger partial charge in [0, 0.05) is 13.1 Å². The van der Waals surface area contributed by atoms with E-state index in [-0.39, 0.29) is 0 Å². The Balaban J connectivity index is 2.17. The highest BCUT2D eigenvalue weighted by atomic mass is 16.5. The number of nitrogens with one attached hydrogen (secondary N) is 1. The molecule has 106 valence electrons. The molecule has 1 aliphatic rings.